The molecule has 0 bridgehead atoms. The molecule has 18 heavy (non-hydrogen) atoms. The van der Waals surface area contributed by atoms with Crippen LogP contribution in [-0.2, 0) is 9.47 Å². The Bertz CT molecular complexity index is 341. The third-order valence-corrected chi connectivity index (χ3v) is 4.54. The molecule has 0 saturated carbocycles. The van der Waals surface area contributed by atoms with Gasteiger partial charge in [-0.15, -0.1) is 0 Å². The quantitative estimate of drug-likeness (QED) is 0.462. The average molecular weight is 363 g/mol. The SMILES string of the molecule is CCOC(C)OC1=CC=C2N[C@H](CI)CC[C@@H]2C1. The molecule has 1 aliphatic carbocycles. The fraction of sp³-hybridized carbons (Fsp3) is 0.714. The van der Waals surface area contributed by atoms with Gasteiger partial charge in [0.25, 0.3) is 0 Å². The van der Waals surface area contributed by atoms with E-state index in [4.69, 9.17) is 9.47 Å². The lowest BCUT2D eigenvalue weighted by Gasteiger charge is -2.35. The highest BCUT2D eigenvalue weighted by Gasteiger charge is 2.27. The predicted octanol–water partition coefficient (Wildman–Crippen LogP) is 3.36. The normalized spacial score (nSPS) is 28.6. The molecule has 0 aromatic rings. The van der Waals surface area contributed by atoms with E-state index in [1.807, 2.05) is 13.8 Å². The van der Waals surface area contributed by atoms with Gasteiger partial charge >= 0.3 is 0 Å². The minimum Gasteiger partial charge on any atom is -0.470 e. The molecule has 0 spiro atoms. The van der Waals surface area contributed by atoms with E-state index in [0.29, 0.717) is 18.6 Å². The van der Waals surface area contributed by atoms with Gasteiger partial charge in [-0.1, -0.05) is 22.6 Å². The van der Waals surface area contributed by atoms with Crippen LogP contribution in [-0.4, -0.2) is 23.4 Å². The van der Waals surface area contributed by atoms with Crippen molar-refractivity contribution in [1.29, 1.82) is 0 Å². The number of alkyl halides is 1. The molecule has 2 aliphatic rings. The van der Waals surface area contributed by atoms with Crippen LogP contribution in [0.2, 0.25) is 0 Å². The molecule has 1 N–H and O–H groups in total. The Morgan fingerprint density at radius 1 is 1.44 bits per heavy atom. The van der Waals surface area contributed by atoms with E-state index in [-0.39, 0.29) is 6.29 Å². The first kappa shape index (κ1) is 14.2. The molecule has 0 radical (unpaired) electrons. The maximum absolute atomic E-state index is 5.80. The van der Waals surface area contributed by atoms with Gasteiger partial charge in [0.1, 0.15) is 5.76 Å². The first-order valence-electron chi connectivity index (χ1n) is 6.74. The summed E-state index contributed by atoms with van der Waals surface area (Å²) in [5.74, 6) is 1.66. The van der Waals surface area contributed by atoms with Crippen molar-refractivity contribution in [2.24, 2.45) is 5.92 Å². The Morgan fingerprint density at radius 3 is 3.00 bits per heavy atom. The topological polar surface area (TPSA) is 30.5 Å². The van der Waals surface area contributed by atoms with Crippen molar-refractivity contribution in [1.82, 2.24) is 5.32 Å². The van der Waals surface area contributed by atoms with Crippen LogP contribution in [0.3, 0.4) is 0 Å². The fourth-order valence-corrected chi connectivity index (χ4v) is 3.22. The van der Waals surface area contributed by atoms with E-state index in [1.165, 1.54) is 23.0 Å². The van der Waals surface area contributed by atoms with Gasteiger partial charge in [-0.05, 0) is 38.8 Å². The van der Waals surface area contributed by atoms with Crippen molar-refractivity contribution >= 4 is 22.6 Å². The highest BCUT2D eigenvalue weighted by Crippen LogP contribution is 2.33. The Morgan fingerprint density at radius 2 is 2.28 bits per heavy atom. The lowest BCUT2D eigenvalue weighted by molar-refractivity contribution is -0.102. The number of ether oxygens (including phenoxy) is 2. The standard InChI is InChI=1S/C14H22INO2/c1-3-17-10(2)18-13-6-7-14-11(8-13)4-5-12(9-15)16-14/h6-7,10-12,16H,3-5,8-9H2,1-2H3/t10?,11-,12+/m1/s1. The zero-order valence-electron chi connectivity index (χ0n) is 11.1. The van der Waals surface area contributed by atoms with Crippen molar-refractivity contribution in [3.63, 3.8) is 0 Å². The van der Waals surface area contributed by atoms with Crippen LogP contribution >= 0.6 is 22.6 Å². The molecule has 1 unspecified atom stereocenters. The molecule has 3 atom stereocenters. The third kappa shape index (κ3) is 3.63. The Labute approximate surface area is 123 Å². The second kappa shape index (κ2) is 6.80. The second-order valence-electron chi connectivity index (χ2n) is 4.87. The number of halogens is 1. The number of rotatable bonds is 5. The summed E-state index contributed by atoms with van der Waals surface area (Å²) in [6.45, 7) is 4.63. The van der Waals surface area contributed by atoms with Gasteiger partial charge < -0.3 is 14.8 Å². The number of hydrogen-bond donors (Lipinski definition) is 1. The molecule has 0 amide bonds. The van der Waals surface area contributed by atoms with Crippen LogP contribution in [0.15, 0.2) is 23.6 Å². The zero-order valence-corrected chi connectivity index (χ0v) is 13.3. The van der Waals surface area contributed by atoms with Crippen molar-refractivity contribution < 1.29 is 9.47 Å². The molecule has 2 rings (SSSR count). The van der Waals surface area contributed by atoms with Gasteiger partial charge in [0, 0.05) is 35.1 Å². The first-order chi connectivity index (χ1) is 8.72. The Balaban J connectivity index is 1.93. The maximum atomic E-state index is 5.80. The van der Waals surface area contributed by atoms with Gasteiger partial charge in [-0.3, -0.25) is 0 Å². The van der Waals surface area contributed by atoms with E-state index in [0.717, 1.165) is 12.2 Å². The maximum Gasteiger partial charge on any atom is 0.196 e. The van der Waals surface area contributed by atoms with Crippen LogP contribution in [0, 0.1) is 5.92 Å². The minimum absolute atomic E-state index is 0.144. The lowest BCUT2D eigenvalue weighted by Crippen LogP contribution is -2.39. The fourth-order valence-electron chi connectivity index (χ4n) is 2.56. The van der Waals surface area contributed by atoms with Crippen molar-refractivity contribution in [3.05, 3.63) is 23.6 Å². The van der Waals surface area contributed by atoms with Crippen LogP contribution in [0.1, 0.15) is 33.1 Å². The molecule has 0 aromatic carbocycles. The largest absolute Gasteiger partial charge is 0.470 e. The molecule has 1 aliphatic heterocycles. The van der Waals surface area contributed by atoms with Crippen LogP contribution in [0.4, 0.5) is 0 Å². The molecule has 1 heterocycles. The van der Waals surface area contributed by atoms with Crippen molar-refractivity contribution in [2.45, 2.75) is 45.4 Å². The number of hydrogen-bond acceptors (Lipinski definition) is 3. The van der Waals surface area contributed by atoms with E-state index < -0.39 is 0 Å². The summed E-state index contributed by atoms with van der Waals surface area (Å²) in [6.07, 6.45) is 7.65. The summed E-state index contributed by atoms with van der Waals surface area (Å²) in [5.41, 5.74) is 1.39. The molecule has 3 nitrogen and oxygen atoms in total. The molecule has 0 aromatic heterocycles. The smallest absolute Gasteiger partial charge is 0.196 e. The van der Waals surface area contributed by atoms with Gasteiger partial charge in [0.05, 0.1) is 0 Å². The van der Waals surface area contributed by atoms with E-state index >= 15 is 0 Å². The summed E-state index contributed by atoms with van der Waals surface area (Å²) in [4.78, 5) is 0. The van der Waals surface area contributed by atoms with Gasteiger partial charge in [-0.2, -0.15) is 0 Å². The van der Waals surface area contributed by atoms with Crippen LogP contribution in [0.5, 0.6) is 0 Å². The number of nitrogens with one attached hydrogen (secondary N) is 1. The number of fused-ring (bicyclic) bond motifs is 1. The Kier molecular flexibility index (Phi) is 5.36. The summed E-state index contributed by atoms with van der Waals surface area (Å²) < 4.78 is 12.4. The first-order valence-corrected chi connectivity index (χ1v) is 8.27. The Hall–Kier alpha value is -0.230. The van der Waals surface area contributed by atoms with E-state index in [9.17, 15) is 0 Å². The van der Waals surface area contributed by atoms with E-state index in [2.05, 4.69) is 40.1 Å². The number of allylic oxidation sites excluding steroid dienone is 4. The van der Waals surface area contributed by atoms with E-state index in [1.54, 1.807) is 0 Å². The van der Waals surface area contributed by atoms with Gasteiger partial charge in [-0.25, -0.2) is 0 Å². The summed E-state index contributed by atoms with van der Waals surface area (Å²) in [5, 5.41) is 3.63. The van der Waals surface area contributed by atoms with Crippen molar-refractivity contribution in [2.75, 3.05) is 11.0 Å². The predicted molar refractivity (Wildman–Crippen MR) is 81.5 cm³/mol. The van der Waals surface area contributed by atoms with Crippen molar-refractivity contribution in [3.8, 4) is 0 Å². The second-order valence-corrected chi connectivity index (χ2v) is 5.75. The summed E-state index contributed by atoms with van der Waals surface area (Å²) >= 11 is 2.45. The molecule has 102 valence electrons. The number of piperidine rings is 1. The summed E-state index contributed by atoms with van der Waals surface area (Å²) in [7, 11) is 0. The minimum atomic E-state index is -0.144. The molecular formula is C14H22INO2. The van der Waals surface area contributed by atoms with Gasteiger partial charge in [0.15, 0.2) is 6.29 Å². The molecule has 4 heteroatoms. The zero-order chi connectivity index (χ0) is 13.0. The van der Waals surface area contributed by atoms with Crippen LogP contribution in [0.25, 0.3) is 0 Å². The lowest BCUT2D eigenvalue weighted by atomic mass is 9.86. The van der Waals surface area contributed by atoms with Gasteiger partial charge in [0.2, 0.25) is 0 Å². The summed E-state index contributed by atoms with van der Waals surface area (Å²) in [6, 6.07) is 0.645. The molecular weight excluding hydrogens is 341 g/mol. The monoisotopic (exact) mass is 363 g/mol. The highest BCUT2D eigenvalue weighted by atomic mass is 127. The third-order valence-electron chi connectivity index (χ3n) is 3.48. The molecule has 1 saturated heterocycles. The van der Waals surface area contributed by atoms with Crippen LogP contribution < -0.4 is 5.32 Å². The molecule has 1 fully saturated rings. The highest BCUT2D eigenvalue weighted by molar-refractivity contribution is 14.1. The average Bonchev–Trinajstić information content (AvgIpc) is 2.38.